The molecular formula is C25H31F3N2O5. The predicted octanol–water partition coefficient (Wildman–Crippen LogP) is 6.42. The molecule has 1 amide bonds. The predicted molar refractivity (Wildman–Crippen MR) is 121 cm³/mol. The first-order valence-corrected chi connectivity index (χ1v) is 11.9. The van der Waals surface area contributed by atoms with E-state index in [1.54, 1.807) is 11.0 Å². The maximum absolute atomic E-state index is 13.0. The second-order valence-electron chi connectivity index (χ2n) is 10.2. The number of carbonyl (C=O) groups excluding carboxylic acids is 1. The fourth-order valence-electron chi connectivity index (χ4n) is 4.29. The highest BCUT2D eigenvalue weighted by Crippen LogP contribution is 2.45. The highest BCUT2D eigenvalue weighted by atomic mass is 19.4. The average molecular weight is 497 g/mol. The van der Waals surface area contributed by atoms with Crippen LogP contribution in [0.25, 0.3) is 11.3 Å². The van der Waals surface area contributed by atoms with Crippen LogP contribution in [0.15, 0.2) is 28.8 Å². The van der Waals surface area contributed by atoms with Crippen molar-refractivity contribution in [2.24, 2.45) is 0 Å². The van der Waals surface area contributed by atoms with Crippen molar-refractivity contribution in [1.29, 1.82) is 0 Å². The first-order valence-electron chi connectivity index (χ1n) is 11.9. The van der Waals surface area contributed by atoms with Crippen molar-refractivity contribution < 1.29 is 36.7 Å². The van der Waals surface area contributed by atoms with Crippen LogP contribution in [-0.2, 0) is 16.1 Å². The van der Waals surface area contributed by atoms with E-state index in [2.05, 4.69) is 9.89 Å². The molecule has 2 fully saturated rings. The van der Waals surface area contributed by atoms with E-state index in [1.165, 1.54) is 18.2 Å². The van der Waals surface area contributed by atoms with Gasteiger partial charge in [-0.15, -0.1) is 13.2 Å². The minimum absolute atomic E-state index is 0.0747. The van der Waals surface area contributed by atoms with Crippen LogP contribution in [0.4, 0.5) is 18.0 Å². The number of rotatable bonds is 6. The Morgan fingerprint density at radius 2 is 1.89 bits per heavy atom. The lowest BCUT2D eigenvalue weighted by Gasteiger charge is -2.38. The molecular weight excluding hydrogens is 465 g/mol. The van der Waals surface area contributed by atoms with Crippen molar-refractivity contribution in [3.05, 3.63) is 35.6 Å². The van der Waals surface area contributed by atoms with Gasteiger partial charge in [-0.1, -0.05) is 17.3 Å². The van der Waals surface area contributed by atoms with E-state index in [-0.39, 0.29) is 42.1 Å². The largest absolute Gasteiger partial charge is 0.573 e. The number of benzene rings is 1. The zero-order valence-corrected chi connectivity index (χ0v) is 20.4. The summed E-state index contributed by atoms with van der Waals surface area (Å²) >= 11 is 0. The highest BCUT2D eigenvalue weighted by Gasteiger charge is 2.37. The van der Waals surface area contributed by atoms with Gasteiger partial charge in [-0.3, -0.25) is 0 Å². The minimum atomic E-state index is -4.83. The Hall–Kier alpha value is -2.75. The van der Waals surface area contributed by atoms with Gasteiger partial charge in [0.25, 0.3) is 0 Å². The Morgan fingerprint density at radius 3 is 2.51 bits per heavy atom. The van der Waals surface area contributed by atoms with E-state index in [9.17, 15) is 18.0 Å². The topological polar surface area (TPSA) is 74.0 Å². The van der Waals surface area contributed by atoms with Crippen molar-refractivity contribution in [2.45, 2.75) is 90.0 Å². The number of hydrogen-bond donors (Lipinski definition) is 0. The number of halogens is 3. The summed E-state index contributed by atoms with van der Waals surface area (Å²) in [6, 6.07) is 5.81. The lowest BCUT2D eigenvalue weighted by atomic mass is 10.0. The molecule has 1 saturated heterocycles. The van der Waals surface area contributed by atoms with Gasteiger partial charge in [-0.05, 0) is 65.5 Å². The summed E-state index contributed by atoms with van der Waals surface area (Å²) in [6.07, 6.45) is -2.18. The first-order chi connectivity index (χ1) is 16.4. The van der Waals surface area contributed by atoms with E-state index in [1.807, 2.05) is 27.7 Å². The second-order valence-corrected chi connectivity index (χ2v) is 10.2. The molecule has 2 aliphatic rings. The molecule has 1 saturated carbocycles. The smallest absolute Gasteiger partial charge is 0.444 e. The zero-order valence-electron chi connectivity index (χ0n) is 20.4. The van der Waals surface area contributed by atoms with Crippen molar-refractivity contribution in [3.63, 3.8) is 0 Å². The number of alkyl halides is 3. The maximum Gasteiger partial charge on any atom is 0.573 e. The third-order valence-electron chi connectivity index (χ3n) is 6.05. The van der Waals surface area contributed by atoms with E-state index >= 15 is 0 Å². The summed E-state index contributed by atoms with van der Waals surface area (Å²) in [5.74, 6) is 0.510. The molecule has 7 nitrogen and oxygen atoms in total. The molecule has 1 aliphatic heterocycles. The van der Waals surface area contributed by atoms with Gasteiger partial charge in [-0.2, -0.15) is 0 Å². The zero-order chi connectivity index (χ0) is 25.4. The molecule has 1 aromatic heterocycles. The van der Waals surface area contributed by atoms with Crippen LogP contribution in [-0.4, -0.2) is 46.8 Å². The Kier molecular flexibility index (Phi) is 7.04. The molecule has 1 aromatic carbocycles. The molecule has 0 N–H and O–H groups in total. The lowest BCUT2D eigenvalue weighted by molar-refractivity contribution is -0.274. The van der Waals surface area contributed by atoms with Gasteiger partial charge in [0.05, 0.1) is 12.7 Å². The SMILES string of the molecule is C[C@@H]1C[C@H](OCc2c(-c3ccccc3OC(F)(F)F)noc2C2CC2)CCN1C(=O)OC(C)(C)C. The van der Waals surface area contributed by atoms with E-state index < -0.39 is 12.0 Å². The number of aromatic nitrogens is 1. The lowest BCUT2D eigenvalue weighted by Crippen LogP contribution is -2.48. The van der Waals surface area contributed by atoms with Gasteiger partial charge >= 0.3 is 12.5 Å². The second kappa shape index (κ2) is 9.72. The van der Waals surface area contributed by atoms with Gasteiger partial charge in [0, 0.05) is 29.6 Å². The first kappa shape index (κ1) is 25.3. The van der Waals surface area contributed by atoms with Crippen molar-refractivity contribution in [2.75, 3.05) is 6.54 Å². The van der Waals surface area contributed by atoms with Gasteiger partial charge in [0.15, 0.2) is 0 Å². The number of carbonyl (C=O) groups is 1. The van der Waals surface area contributed by atoms with Crippen LogP contribution in [0.1, 0.15) is 70.6 Å². The van der Waals surface area contributed by atoms with Crippen LogP contribution in [0.3, 0.4) is 0 Å². The number of ether oxygens (including phenoxy) is 3. The van der Waals surface area contributed by atoms with Crippen LogP contribution in [0, 0.1) is 0 Å². The van der Waals surface area contributed by atoms with Crippen LogP contribution in [0.2, 0.25) is 0 Å². The van der Waals surface area contributed by atoms with E-state index in [0.29, 0.717) is 36.4 Å². The van der Waals surface area contributed by atoms with Crippen LogP contribution in [0.5, 0.6) is 5.75 Å². The normalized spacial score (nSPS) is 21.2. The van der Waals surface area contributed by atoms with E-state index in [0.717, 1.165) is 12.8 Å². The minimum Gasteiger partial charge on any atom is -0.444 e. The van der Waals surface area contributed by atoms with Crippen molar-refractivity contribution in [3.8, 4) is 17.0 Å². The number of hydrogen-bond acceptors (Lipinski definition) is 6. The summed E-state index contributed by atoms with van der Waals surface area (Å²) in [7, 11) is 0. The quantitative estimate of drug-likeness (QED) is 0.459. The molecule has 192 valence electrons. The molecule has 0 radical (unpaired) electrons. The number of amides is 1. The Balaban J connectivity index is 1.48. The maximum atomic E-state index is 13.0. The number of piperidine rings is 1. The Morgan fingerprint density at radius 1 is 1.17 bits per heavy atom. The molecule has 35 heavy (non-hydrogen) atoms. The molecule has 0 spiro atoms. The molecule has 10 heteroatoms. The molecule has 0 bridgehead atoms. The van der Waals surface area contributed by atoms with Crippen LogP contribution >= 0.6 is 0 Å². The summed E-state index contributed by atoms with van der Waals surface area (Å²) in [5.41, 5.74) is 0.575. The summed E-state index contributed by atoms with van der Waals surface area (Å²) in [5, 5.41) is 4.11. The standard InChI is InChI=1S/C25H31F3N2O5/c1-15-13-17(11-12-30(15)23(31)34-24(2,3)4)32-14-19-21(29-35-22(19)16-9-10-16)18-7-5-6-8-20(18)33-25(26,27)28/h5-8,15-17H,9-14H2,1-4H3/t15-,17-/m1/s1. The summed E-state index contributed by atoms with van der Waals surface area (Å²) < 4.78 is 60.4. The fraction of sp³-hybridized carbons (Fsp3) is 0.600. The summed E-state index contributed by atoms with van der Waals surface area (Å²) in [6.45, 7) is 8.08. The molecule has 2 heterocycles. The van der Waals surface area contributed by atoms with Gasteiger partial charge in [-0.25, -0.2) is 4.79 Å². The highest BCUT2D eigenvalue weighted by molar-refractivity contribution is 5.70. The number of nitrogens with zero attached hydrogens (tertiary/aromatic N) is 2. The van der Waals surface area contributed by atoms with Gasteiger partial charge < -0.3 is 23.6 Å². The summed E-state index contributed by atoms with van der Waals surface area (Å²) in [4.78, 5) is 14.2. The Labute approximate surface area is 202 Å². The average Bonchev–Trinajstić information content (AvgIpc) is 3.50. The number of likely N-dealkylation sites (tertiary alicyclic amines) is 1. The monoisotopic (exact) mass is 496 g/mol. The number of para-hydroxylation sites is 1. The fourth-order valence-corrected chi connectivity index (χ4v) is 4.29. The molecule has 2 aromatic rings. The van der Waals surface area contributed by atoms with Crippen molar-refractivity contribution >= 4 is 6.09 Å². The third kappa shape index (κ3) is 6.48. The molecule has 0 unspecified atom stereocenters. The molecule has 4 rings (SSSR count). The van der Waals surface area contributed by atoms with Gasteiger partial charge in [0.1, 0.15) is 22.8 Å². The third-order valence-corrected chi connectivity index (χ3v) is 6.05. The molecule has 2 atom stereocenters. The Bertz CT molecular complexity index is 1040. The van der Waals surface area contributed by atoms with Crippen LogP contribution < -0.4 is 4.74 Å². The molecule has 1 aliphatic carbocycles. The van der Waals surface area contributed by atoms with Crippen molar-refractivity contribution in [1.82, 2.24) is 10.1 Å². The van der Waals surface area contributed by atoms with E-state index in [4.69, 9.17) is 14.0 Å². The van der Waals surface area contributed by atoms with Gasteiger partial charge in [0.2, 0.25) is 0 Å².